The van der Waals surface area contributed by atoms with Gasteiger partial charge in [-0.25, -0.2) is 4.79 Å². The second-order valence-corrected chi connectivity index (χ2v) is 5.56. The Morgan fingerprint density at radius 2 is 0.962 bits per heavy atom. The molecule has 0 aromatic heterocycles. The molecule has 0 heterocycles. The van der Waals surface area contributed by atoms with Crippen molar-refractivity contribution < 1.29 is 14.3 Å². The Bertz CT molecular complexity index is 707. The summed E-state index contributed by atoms with van der Waals surface area (Å²) in [5.74, 6) is 0. The lowest BCUT2D eigenvalue weighted by atomic mass is 10.2. The highest BCUT2D eigenvalue weighted by atomic mass is 16.5. The molecule has 3 rings (SSSR count). The van der Waals surface area contributed by atoms with Crippen LogP contribution in [0.3, 0.4) is 0 Å². The van der Waals surface area contributed by atoms with Crippen LogP contribution >= 0.6 is 0 Å². The summed E-state index contributed by atoms with van der Waals surface area (Å²) in [6.45, 7) is 1.60. The monoisotopic (exact) mass is 349 g/mol. The van der Waals surface area contributed by atoms with Crippen LogP contribution in [0.2, 0.25) is 0 Å². The van der Waals surface area contributed by atoms with E-state index in [1.165, 1.54) is 11.1 Å². The molecule has 3 aromatic carbocycles. The van der Waals surface area contributed by atoms with Crippen molar-refractivity contribution in [2.24, 2.45) is 5.73 Å². The molecule has 0 saturated carbocycles. The first kappa shape index (κ1) is 19.2. The van der Waals surface area contributed by atoms with E-state index in [-0.39, 0.29) is 6.61 Å². The van der Waals surface area contributed by atoms with Crippen LogP contribution in [0, 0.1) is 0 Å². The van der Waals surface area contributed by atoms with E-state index in [0.29, 0.717) is 13.2 Å². The van der Waals surface area contributed by atoms with Crippen LogP contribution in [0.4, 0.5) is 4.79 Å². The first-order chi connectivity index (χ1) is 12.7. The van der Waals surface area contributed by atoms with E-state index in [1.54, 1.807) is 0 Å². The van der Waals surface area contributed by atoms with Crippen LogP contribution in [0.15, 0.2) is 91.0 Å². The average Bonchev–Trinajstić information content (AvgIpc) is 2.69. The van der Waals surface area contributed by atoms with Gasteiger partial charge in [0.1, 0.15) is 6.61 Å². The maximum absolute atomic E-state index is 10.2. The molecule has 0 saturated heterocycles. The fraction of sp³-hybridized carbons (Fsp3) is 0.136. The molecule has 0 unspecified atom stereocenters. The van der Waals surface area contributed by atoms with Crippen LogP contribution in [0.1, 0.15) is 16.7 Å². The summed E-state index contributed by atoms with van der Waals surface area (Å²) >= 11 is 0. The summed E-state index contributed by atoms with van der Waals surface area (Å²) in [6.07, 6.45) is -0.742. The van der Waals surface area contributed by atoms with E-state index in [2.05, 4.69) is 29.0 Å². The fourth-order valence-corrected chi connectivity index (χ4v) is 2.16. The average molecular weight is 349 g/mol. The lowest BCUT2D eigenvalue weighted by Gasteiger charge is -2.03. The largest absolute Gasteiger partial charge is 0.445 e. The van der Waals surface area contributed by atoms with Crippen LogP contribution in [0.5, 0.6) is 0 Å². The van der Waals surface area contributed by atoms with Crippen molar-refractivity contribution in [3.05, 3.63) is 108 Å². The predicted molar refractivity (Wildman–Crippen MR) is 102 cm³/mol. The number of primary amides is 1. The molecule has 4 nitrogen and oxygen atoms in total. The number of hydrogen-bond acceptors (Lipinski definition) is 3. The Hall–Kier alpha value is -3.11. The second kappa shape index (κ2) is 11.4. The third-order valence-corrected chi connectivity index (χ3v) is 3.45. The Morgan fingerprint density at radius 3 is 1.31 bits per heavy atom. The fourth-order valence-electron chi connectivity index (χ4n) is 2.16. The van der Waals surface area contributed by atoms with E-state index in [1.807, 2.05) is 66.7 Å². The smallest absolute Gasteiger partial charge is 0.404 e. The van der Waals surface area contributed by atoms with Crippen molar-refractivity contribution in [3.63, 3.8) is 0 Å². The molecule has 134 valence electrons. The molecule has 0 fully saturated rings. The van der Waals surface area contributed by atoms with Gasteiger partial charge >= 0.3 is 6.09 Å². The molecular formula is C22H23NO3. The van der Waals surface area contributed by atoms with Gasteiger partial charge in [0, 0.05) is 0 Å². The summed E-state index contributed by atoms with van der Waals surface area (Å²) in [6, 6.07) is 29.8. The number of benzene rings is 3. The molecule has 1 amide bonds. The summed E-state index contributed by atoms with van der Waals surface area (Å²) in [4.78, 5) is 10.2. The Morgan fingerprint density at radius 1 is 0.615 bits per heavy atom. The second-order valence-electron chi connectivity index (χ2n) is 5.56. The number of ether oxygens (including phenoxy) is 2. The maximum Gasteiger partial charge on any atom is 0.404 e. The lowest BCUT2D eigenvalue weighted by Crippen LogP contribution is -2.12. The Kier molecular flexibility index (Phi) is 8.46. The zero-order chi connectivity index (χ0) is 18.5. The summed E-state index contributed by atoms with van der Waals surface area (Å²) in [7, 11) is 0. The quantitative estimate of drug-likeness (QED) is 0.702. The predicted octanol–water partition coefficient (Wildman–Crippen LogP) is 4.69. The molecule has 26 heavy (non-hydrogen) atoms. The zero-order valence-corrected chi connectivity index (χ0v) is 14.6. The molecule has 0 radical (unpaired) electrons. The maximum atomic E-state index is 10.2. The lowest BCUT2D eigenvalue weighted by molar-refractivity contribution is 0.107. The first-order valence-corrected chi connectivity index (χ1v) is 8.36. The van der Waals surface area contributed by atoms with Crippen LogP contribution in [-0.2, 0) is 29.3 Å². The minimum absolute atomic E-state index is 0.246. The third kappa shape index (κ3) is 8.13. The van der Waals surface area contributed by atoms with Crippen molar-refractivity contribution >= 4 is 6.09 Å². The van der Waals surface area contributed by atoms with Crippen molar-refractivity contribution in [2.75, 3.05) is 0 Å². The molecule has 0 aliphatic rings. The van der Waals surface area contributed by atoms with E-state index >= 15 is 0 Å². The van der Waals surface area contributed by atoms with E-state index in [9.17, 15) is 4.79 Å². The van der Waals surface area contributed by atoms with Crippen molar-refractivity contribution in [1.29, 1.82) is 0 Å². The number of nitrogens with two attached hydrogens (primary N) is 1. The summed E-state index contributed by atoms with van der Waals surface area (Å²) < 4.78 is 10.2. The molecule has 0 aliphatic carbocycles. The highest BCUT2D eigenvalue weighted by Crippen LogP contribution is 2.05. The van der Waals surface area contributed by atoms with E-state index in [0.717, 1.165) is 5.56 Å². The van der Waals surface area contributed by atoms with Gasteiger partial charge in [0.15, 0.2) is 0 Å². The number of amides is 1. The number of hydrogen-bond donors (Lipinski definition) is 1. The highest BCUT2D eigenvalue weighted by molar-refractivity contribution is 5.64. The van der Waals surface area contributed by atoms with Crippen LogP contribution < -0.4 is 5.73 Å². The normalized spacial score (nSPS) is 9.69. The van der Waals surface area contributed by atoms with Gasteiger partial charge in [0.25, 0.3) is 0 Å². The Labute approximate surface area is 154 Å². The van der Waals surface area contributed by atoms with Crippen LogP contribution in [-0.4, -0.2) is 6.09 Å². The third-order valence-electron chi connectivity index (χ3n) is 3.45. The summed E-state index contributed by atoms with van der Waals surface area (Å²) in [5.41, 5.74) is 8.15. The minimum Gasteiger partial charge on any atom is -0.445 e. The first-order valence-electron chi connectivity index (χ1n) is 8.36. The molecule has 4 heteroatoms. The molecule has 2 N–H and O–H groups in total. The molecule has 0 bridgehead atoms. The zero-order valence-electron chi connectivity index (χ0n) is 14.6. The van der Waals surface area contributed by atoms with Crippen molar-refractivity contribution in [3.8, 4) is 0 Å². The number of carbonyl (C=O) groups excluding carboxylic acids is 1. The molecule has 0 aliphatic heterocycles. The molecule has 0 atom stereocenters. The van der Waals surface area contributed by atoms with Gasteiger partial charge in [-0.1, -0.05) is 91.0 Å². The van der Waals surface area contributed by atoms with Gasteiger partial charge in [-0.05, 0) is 16.7 Å². The molecule has 0 spiro atoms. The Balaban J connectivity index is 0.000000197. The van der Waals surface area contributed by atoms with Gasteiger partial charge in [0.2, 0.25) is 0 Å². The van der Waals surface area contributed by atoms with Crippen molar-refractivity contribution in [1.82, 2.24) is 0 Å². The van der Waals surface area contributed by atoms with Gasteiger partial charge < -0.3 is 15.2 Å². The van der Waals surface area contributed by atoms with Crippen molar-refractivity contribution in [2.45, 2.75) is 19.8 Å². The topological polar surface area (TPSA) is 61.6 Å². The molecule has 3 aromatic rings. The standard InChI is InChI=1S/C14H14O.C8H9NO2/c1-3-7-13(8-4-1)11-15-12-14-9-5-2-6-10-14;9-8(10)11-6-7-4-2-1-3-5-7/h1-10H,11-12H2;1-5H,6H2,(H2,9,10). The van der Waals surface area contributed by atoms with Crippen LogP contribution in [0.25, 0.3) is 0 Å². The van der Waals surface area contributed by atoms with Gasteiger partial charge in [-0.2, -0.15) is 0 Å². The summed E-state index contributed by atoms with van der Waals surface area (Å²) in [5, 5.41) is 0. The number of carbonyl (C=O) groups is 1. The SMILES string of the molecule is NC(=O)OCc1ccccc1.c1ccc(COCc2ccccc2)cc1. The molecular weight excluding hydrogens is 326 g/mol. The van der Waals surface area contributed by atoms with E-state index in [4.69, 9.17) is 10.5 Å². The minimum atomic E-state index is -0.742. The number of rotatable bonds is 6. The van der Waals surface area contributed by atoms with Gasteiger partial charge in [0.05, 0.1) is 13.2 Å². The van der Waals surface area contributed by atoms with E-state index < -0.39 is 6.09 Å². The van der Waals surface area contributed by atoms with Gasteiger partial charge in [-0.3, -0.25) is 0 Å². The highest BCUT2D eigenvalue weighted by Gasteiger charge is 1.94. The van der Waals surface area contributed by atoms with Gasteiger partial charge in [-0.15, -0.1) is 0 Å².